The number of ether oxygens (including phenoxy) is 1. The molecule has 1 aliphatic carbocycles. The fraction of sp³-hybridized carbons (Fsp3) is 0.889. The summed E-state index contributed by atoms with van der Waals surface area (Å²) in [5.41, 5.74) is 5.64. The maximum absolute atomic E-state index is 5.84. The summed E-state index contributed by atoms with van der Waals surface area (Å²) in [7, 11) is 1.72. The molecule has 3 heteroatoms. The second-order valence-electron chi connectivity index (χ2n) is 3.32. The smallest absolute Gasteiger partial charge is 0.126 e. The lowest BCUT2D eigenvalue weighted by atomic mass is 9.79. The molecule has 1 fully saturated rings. The molecule has 70 valence electrons. The first-order valence-corrected chi connectivity index (χ1v) is 4.61. The van der Waals surface area contributed by atoms with Crippen LogP contribution in [-0.4, -0.2) is 25.1 Å². The highest BCUT2D eigenvalue weighted by atomic mass is 16.5. The number of aliphatic imine (C=N–C) groups is 1. The van der Waals surface area contributed by atoms with Gasteiger partial charge < -0.3 is 10.5 Å². The summed E-state index contributed by atoms with van der Waals surface area (Å²) in [5, 5.41) is 0. The van der Waals surface area contributed by atoms with Gasteiger partial charge in [0, 0.05) is 13.7 Å². The predicted molar refractivity (Wildman–Crippen MR) is 50.4 cm³/mol. The summed E-state index contributed by atoms with van der Waals surface area (Å²) in [5.74, 6) is 0.693. The molecule has 1 rings (SSSR count). The molecular weight excluding hydrogens is 152 g/mol. The second kappa shape index (κ2) is 3.90. The molecule has 0 aliphatic heterocycles. The van der Waals surface area contributed by atoms with Crippen LogP contribution in [0.4, 0.5) is 0 Å². The first kappa shape index (κ1) is 9.52. The third-order valence-corrected chi connectivity index (χ3v) is 2.52. The van der Waals surface area contributed by atoms with Gasteiger partial charge in [0.15, 0.2) is 0 Å². The maximum Gasteiger partial charge on any atom is 0.126 e. The normalized spacial score (nSPS) is 22.0. The van der Waals surface area contributed by atoms with E-state index in [9.17, 15) is 0 Å². The molecule has 0 bridgehead atoms. The lowest BCUT2D eigenvalue weighted by Gasteiger charge is -2.39. The molecule has 2 N–H and O–H groups in total. The number of nitrogens with zero attached hydrogens (tertiary/aromatic N) is 1. The fourth-order valence-electron chi connectivity index (χ4n) is 1.44. The Morgan fingerprint density at radius 3 is 2.58 bits per heavy atom. The van der Waals surface area contributed by atoms with Crippen LogP contribution in [0.25, 0.3) is 0 Å². The zero-order valence-electron chi connectivity index (χ0n) is 7.97. The quantitative estimate of drug-likeness (QED) is 0.511. The standard InChI is InChI=1S/C9H18N2O/c1-3-7-11-8(10)9(12-2)5-4-6-9/h3-7H2,1-2H3,(H2,10,11). The Balaban J connectivity index is 2.53. The predicted octanol–water partition coefficient (Wildman–Crippen LogP) is 1.32. The Morgan fingerprint density at radius 2 is 2.25 bits per heavy atom. The van der Waals surface area contributed by atoms with E-state index in [0.717, 1.165) is 25.8 Å². The van der Waals surface area contributed by atoms with Gasteiger partial charge in [-0.05, 0) is 25.7 Å². The Morgan fingerprint density at radius 1 is 1.58 bits per heavy atom. The molecule has 0 atom stereocenters. The first-order valence-electron chi connectivity index (χ1n) is 4.61. The first-order chi connectivity index (χ1) is 5.75. The second-order valence-corrected chi connectivity index (χ2v) is 3.32. The number of hydrogen-bond acceptors (Lipinski definition) is 2. The molecule has 0 radical (unpaired) electrons. The Bertz CT molecular complexity index is 168. The van der Waals surface area contributed by atoms with Crippen LogP contribution in [-0.2, 0) is 4.74 Å². The van der Waals surface area contributed by atoms with Crippen LogP contribution in [0.1, 0.15) is 32.6 Å². The number of methoxy groups -OCH3 is 1. The minimum absolute atomic E-state index is 0.199. The average molecular weight is 170 g/mol. The summed E-state index contributed by atoms with van der Waals surface area (Å²) < 4.78 is 5.38. The van der Waals surface area contributed by atoms with Gasteiger partial charge in [-0.1, -0.05) is 6.92 Å². The van der Waals surface area contributed by atoms with Crippen molar-refractivity contribution in [1.82, 2.24) is 0 Å². The van der Waals surface area contributed by atoms with Gasteiger partial charge in [0.25, 0.3) is 0 Å². The van der Waals surface area contributed by atoms with Gasteiger partial charge in [0.1, 0.15) is 11.4 Å². The van der Waals surface area contributed by atoms with E-state index in [0.29, 0.717) is 5.84 Å². The van der Waals surface area contributed by atoms with E-state index in [4.69, 9.17) is 10.5 Å². The van der Waals surface area contributed by atoms with Crippen molar-refractivity contribution in [1.29, 1.82) is 0 Å². The molecule has 0 saturated heterocycles. The van der Waals surface area contributed by atoms with Crippen LogP contribution < -0.4 is 5.73 Å². The molecule has 0 amide bonds. The van der Waals surface area contributed by atoms with E-state index < -0.39 is 0 Å². The Kier molecular flexibility index (Phi) is 3.09. The van der Waals surface area contributed by atoms with Crippen molar-refractivity contribution in [2.75, 3.05) is 13.7 Å². The molecule has 1 saturated carbocycles. The number of hydrogen-bond donors (Lipinski definition) is 1. The minimum atomic E-state index is -0.199. The molecule has 0 aromatic carbocycles. The van der Waals surface area contributed by atoms with Crippen LogP contribution in [0.15, 0.2) is 4.99 Å². The van der Waals surface area contributed by atoms with Crippen LogP contribution >= 0.6 is 0 Å². The average Bonchev–Trinajstić information content (AvgIpc) is 2.00. The largest absolute Gasteiger partial charge is 0.385 e. The van der Waals surface area contributed by atoms with Crippen molar-refractivity contribution in [2.45, 2.75) is 38.2 Å². The number of nitrogens with two attached hydrogens (primary N) is 1. The SMILES string of the molecule is CCCN=C(N)C1(OC)CCC1. The third-order valence-electron chi connectivity index (χ3n) is 2.52. The van der Waals surface area contributed by atoms with Gasteiger partial charge in [-0.15, -0.1) is 0 Å². The highest BCUT2D eigenvalue weighted by Gasteiger charge is 2.40. The van der Waals surface area contributed by atoms with Crippen molar-refractivity contribution in [3.8, 4) is 0 Å². The molecule has 1 aliphatic rings. The van der Waals surface area contributed by atoms with Crippen molar-refractivity contribution in [2.24, 2.45) is 10.7 Å². The summed E-state index contributed by atoms with van der Waals surface area (Å²) in [6, 6.07) is 0. The zero-order valence-corrected chi connectivity index (χ0v) is 7.97. The van der Waals surface area contributed by atoms with E-state index in [1.54, 1.807) is 7.11 Å². The monoisotopic (exact) mass is 170 g/mol. The molecule has 0 spiro atoms. The summed E-state index contributed by atoms with van der Waals surface area (Å²) in [4.78, 5) is 4.28. The molecule has 12 heavy (non-hydrogen) atoms. The van der Waals surface area contributed by atoms with Gasteiger partial charge >= 0.3 is 0 Å². The van der Waals surface area contributed by atoms with E-state index >= 15 is 0 Å². The molecule has 3 nitrogen and oxygen atoms in total. The van der Waals surface area contributed by atoms with Gasteiger partial charge in [0.05, 0.1) is 0 Å². The van der Waals surface area contributed by atoms with Crippen molar-refractivity contribution < 1.29 is 4.74 Å². The summed E-state index contributed by atoms with van der Waals surface area (Å²) in [6.07, 6.45) is 4.31. The summed E-state index contributed by atoms with van der Waals surface area (Å²) >= 11 is 0. The summed E-state index contributed by atoms with van der Waals surface area (Å²) in [6.45, 7) is 2.91. The van der Waals surface area contributed by atoms with E-state index in [-0.39, 0.29) is 5.60 Å². The molecule has 0 unspecified atom stereocenters. The van der Waals surface area contributed by atoms with Gasteiger partial charge in [-0.2, -0.15) is 0 Å². The van der Waals surface area contributed by atoms with Crippen LogP contribution in [0.2, 0.25) is 0 Å². The number of amidine groups is 1. The highest BCUT2D eigenvalue weighted by Crippen LogP contribution is 2.35. The van der Waals surface area contributed by atoms with Crippen molar-refractivity contribution in [3.05, 3.63) is 0 Å². The van der Waals surface area contributed by atoms with Crippen LogP contribution in [0, 0.1) is 0 Å². The van der Waals surface area contributed by atoms with Gasteiger partial charge in [0.2, 0.25) is 0 Å². The van der Waals surface area contributed by atoms with Crippen molar-refractivity contribution >= 4 is 5.84 Å². The molecule has 0 heterocycles. The Hall–Kier alpha value is -0.570. The van der Waals surface area contributed by atoms with E-state index in [1.165, 1.54) is 6.42 Å². The maximum atomic E-state index is 5.84. The van der Waals surface area contributed by atoms with Crippen LogP contribution in [0.3, 0.4) is 0 Å². The highest BCUT2D eigenvalue weighted by molar-refractivity contribution is 5.89. The minimum Gasteiger partial charge on any atom is -0.385 e. The lowest BCUT2D eigenvalue weighted by Crippen LogP contribution is -2.51. The fourth-order valence-corrected chi connectivity index (χ4v) is 1.44. The third kappa shape index (κ3) is 1.61. The van der Waals surface area contributed by atoms with E-state index in [2.05, 4.69) is 11.9 Å². The number of rotatable bonds is 4. The zero-order chi connectivity index (χ0) is 9.03. The molecular formula is C9H18N2O. The van der Waals surface area contributed by atoms with Gasteiger partial charge in [-0.25, -0.2) is 0 Å². The lowest BCUT2D eigenvalue weighted by molar-refractivity contribution is -0.0136. The molecule has 0 aromatic rings. The molecule has 0 aromatic heterocycles. The Labute approximate surface area is 74.0 Å². The topological polar surface area (TPSA) is 47.6 Å². The van der Waals surface area contributed by atoms with E-state index in [1.807, 2.05) is 0 Å². The van der Waals surface area contributed by atoms with Crippen LogP contribution in [0.5, 0.6) is 0 Å². The van der Waals surface area contributed by atoms with Crippen molar-refractivity contribution in [3.63, 3.8) is 0 Å². The van der Waals surface area contributed by atoms with Gasteiger partial charge in [-0.3, -0.25) is 4.99 Å².